The predicted octanol–water partition coefficient (Wildman–Crippen LogP) is 1.06. The summed E-state index contributed by atoms with van der Waals surface area (Å²) in [5.41, 5.74) is 0.539. The first-order valence-electron chi connectivity index (χ1n) is 8.37. The monoisotopic (exact) mass is 384 g/mol. The highest BCUT2D eigenvalue weighted by Crippen LogP contribution is 2.30. The van der Waals surface area contributed by atoms with Crippen LogP contribution in [-0.2, 0) is 26.2 Å². The summed E-state index contributed by atoms with van der Waals surface area (Å²) in [6.07, 6.45) is 0.322. The number of aliphatic carboxylic acids is 1. The van der Waals surface area contributed by atoms with Crippen molar-refractivity contribution in [2.75, 3.05) is 20.2 Å². The van der Waals surface area contributed by atoms with Crippen molar-refractivity contribution in [3.05, 3.63) is 23.8 Å². The van der Waals surface area contributed by atoms with E-state index in [2.05, 4.69) is 5.32 Å². The summed E-state index contributed by atoms with van der Waals surface area (Å²) in [4.78, 5) is 22.8. The average Bonchev–Trinajstić information content (AvgIpc) is 3.02. The van der Waals surface area contributed by atoms with Gasteiger partial charge in [0.25, 0.3) is 0 Å². The molecule has 1 heterocycles. The third kappa shape index (κ3) is 4.16. The maximum Gasteiger partial charge on any atom is 0.308 e. The lowest BCUT2D eigenvalue weighted by Gasteiger charge is -2.18. The van der Waals surface area contributed by atoms with Crippen LogP contribution in [0.25, 0.3) is 0 Å². The zero-order chi connectivity index (χ0) is 19.5. The van der Waals surface area contributed by atoms with E-state index in [0.717, 1.165) is 0 Å². The van der Waals surface area contributed by atoms with Crippen molar-refractivity contribution in [3.63, 3.8) is 0 Å². The number of hydrogen-bond donors (Lipinski definition) is 2. The number of carboxylic acids is 1. The second kappa shape index (κ2) is 8.05. The Balaban J connectivity index is 2.29. The van der Waals surface area contributed by atoms with Gasteiger partial charge in [0.2, 0.25) is 15.9 Å². The summed E-state index contributed by atoms with van der Waals surface area (Å²) in [5, 5.41) is 11.9. The first-order valence-corrected chi connectivity index (χ1v) is 9.81. The van der Waals surface area contributed by atoms with Crippen LogP contribution in [0, 0.1) is 11.8 Å². The molecule has 1 aromatic carbocycles. The highest BCUT2D eigenvalue weighted by Gasteiger charge is 2.40. The lowest BCUT2D eigenvalue weighted by Crippen LogP contribution is -2.30. The van der Waals surface area contributed by atoms with Crippen molar-refractivity contribution in [1.82, 2.24) is 9.62 Å². The molecule has 0 bridgehead atoms. The summed E-state index contributed by atoms with van der Waals surface area (Å²) in [7, 11) is -2.36. The van der Waals surface area contributed by atoms with Crippen LogP contribution in [0.5, 0.6) is 5.75 Å². The minimum atomic E-state index is -3.83. The van der Waals surface area contributed by atoms with Crippen molar-refractivity contribution in [2.45, 2.75) is 31.7 Å². The normalized spacial score (nSPS) is 20.7. The average molecular weight is 384 g/mol. The molecule has 1 aromatic rings. The summed E-state index contributed by atoms with van der Waals surface area (Å²) < 4.78 is 32.2. The van der Waals surface area contributed by atoms with Gasteiger partial charge in [0, 0.05) is 31.6 Å². The molecule has 2 N–H and O–H groups in total. The van der Waals surface area contributed by atoms with Crippen molar-refractivity contribution >= 4 is 21.9 Å². The van der Waals surface area contributed by atoms with E-state index in [1.165, 1.54) is 29.6 Å². The van der Waals surface area contributed by atoms with E-state index in [9.17, 15) is 23.1 Å². The van der Waals surface area contributed by atoms with Gasteiger partial charge in [0.1, 0.15) is 5.75 Å². The molecule has 9 heteroatoms. The van der Waals surface area contributed by atoms with Crippen LogP contribution in [0.15, 0.2) is 23.1 Å². The molecule has 1 aliphatic rings. The van der Waals surface area contributed by atoms with Gasteiger partial charge >= 0.3 is 5.97 Å². The number of sulfonamides is 1. The Morgan fingerprint density at radius 2 is 2.04 bits per heavy atom. The van der Waals surface area contributed by atoms with E-state index < -0.39 is 21.9 Å². The van der Waals surface area contributed by atoms with Gasteiger partial charge in [-0.15, -0.1) is 0 Å². The van der Waals surface area contributed by atoms with Gasteiger partial charge in [-0.1, -0.05) is 13.8 Å². The predicted molar refractivity (Wildman–Crippen MR) is 94.2 cm³/mol. The first-order chi connectivity index (χ1) is 12.2. The van der Waals surface area contributed by atoms with Crippen LogP contribution in [0.1, 0.15) is 25.8 Å². The summed E-state index contributed by atoms with van der Waals surface area (Å²) in [5.74, 6) is -1.65. The number of nitrogens with one attached hydrogen (secondary N) is 1. The molecule has 1 amide bonds. The fraction of sp³-hybridized carbons (Fsp3) is 0.529. The third-order valence-corrected chi connectivity index (χ3v) is 6.41. The van der Waals surface area contributed by atoms with E-state index in [1.807, 2.05) is 0 Å². The number of rotatable bonds is 7. The van der Waals surface area contributed by atoms with Gasteiger partial charge in [0.15, 0.2) is 0 Å². The second-order valence-electron chi connectivity index (χ2n) is 6.35. The molecule has 0 aliphatic carbocycles. The number of carbonyl (C=O) groups excluding carboxylic acids is 1. The molecular formula is C17H24N2O6S. The van der Waals surface area contributed by atoms with Crippen molar-refractivity contribution in [2.24, 2.45) is 11.8 Å². The Kier molecular flexibility index (Phi) is 6.25. The van der Waals surface area contributed by atoms with Crippen LogP contribution in [0.2, 0.25) is 0 Å². The summed E-state index contributed by atoms with van der Waals surface area (Å²) in [6, 6.07) is 4.43. The highest BCUT2D eigenvalue weighted by molar-refractivity contribution is 7.89. The van der Waals surface area contributed by atoms with Gasteiger partial charge < -0.3 is 15.2 Å². The number of carbonyl (C=O) groups is 2. The van der Waals surface area contributed by atoms with Crippen LogP contribution in [0.3, 0.4) is 0 Å². The summed E-state index contributed by atoms with van der Waals surface area (Å²) in [6.45, 7) is 3.71. The Morgan fingerprint density at radius 3 is 2.58 bits per heavy atom. The number of hydrogen-bond acceptors (Lipinski definition) is 5. The molecule has 1 saturated heterocycles. The van der Waals surface area contributed by atoms with Crippen LogP contribution >= 0.6 is 0 Å². The van der Waals surface area contributed by atoms with E-state index in [4.69, 9.17) is 4.74 Å². The Bertz CT molecular complexity index is 792. The molecule has 1 fully saturated rings. The van der Waals surface area contributed by atoms with Gasteiger partial charge in [-0.2, -0.15) is 4.31 Å². The van der Waals surface area contributed by atoms with E-state index in [0.29, 0.717) is 17.7 Å². The Labute approximate surface area is 153 Å². The van der Waals surface area contributed by atoms with Gasteiger partial charge in [-0.3, -0.25) is 9.59 Å². The maximum atomic E-state index is 12.9. The number of amides is 1. The van der Waals surface area contributed by atoms with E-state index in [-0.39, 0.29) is 36.4 Å². The van der Waals surface area contributed by atoms with Crippen molar-refractivity contribution in [1.29, 1.82) is 0 Å². The zero-order valence-electron chi connectivity index (χ0n) is 15.1. The Hall–Kier alpha value is -2.13. The number of ether oxygens (including phenoxy) is 1. The molecule has 1 aliphatic heterocycles. The zero-order valence-corrected chi connectivity index (χ0v) is 15.9. The quantitative estimate of drug-likeness (QED) is 0.727. The molecule has 8 nitrogen and oxygen atoms in total. The molecular weight excluding hydrogens is 360 g/mol. The van der Waals surface area contributed by atoms with E-state index in [1.54, 1.807) is 13.8 Å². The Morgan fingerprint density at radius 1 is 1.35 bits per heavy atom. The first kappa shape index (κ1) is 20.2. The van der Waals surface area contributed by atoms with Crippen LogP contribution in [0.4, 0.5) is 0 Å². The lowest BCUT2D eigenvalue weighted by molar-refractivity contribution is -0.142. The molecule has 0 radical (unpaired) electrons. The fourth-order valence-electron chi connectivity index (χ4n) is 2.96. The van der Waals surface area contributed by atoms with Gasteiger partial charge in [-0.25, -0.2) is 8.42 Å². The largest absolute Gasteiger partial charge is 0.496 e. The van der Waals surface area contributed by atoms with Crippen LogP contribution < -0.4 is 10.1 Å². The van der Waals surface area contributed by atoms with Gasteiger partial charge in [0.05, 0.1) is 17.9 Å². The molecule has 0 spiro atoms. The number of carboxylic acid groups (broad SMARTS) is 1. The highest BCUT2D eigenvalue weighted by atomic mass is 32.2. The van der Waals surface area contributed by atoms with Gasteiger partial charge in [-0.05, 0) is 24.1 Å². The number of benzene rings is 1. The molecule has 144 valence electrons. The molecule has 0 aromatic heterocycles. The molecule has 26 heavy (non-hydrogen) atoms. The second-order valence-corrected chi connectivity index (χ2v) is 8.29. The lowest BCUT2D eigenvalue weighted by atomic mass is 9.99. The minimum Gasteiger partial charge on any atom is -0.496 e. The molecule has 0 unspecified atom stereocenters. The topological polar surface area (TPSA) is 113 Å². The fourth-order valence-corrected chi connectivity index (χ4v) is 4.58. The minimum absolute atomic E-state index is 0.0488. The molecule has 0 saturated carbocycles. The summed E-state index contributed by atoms with van der Waals surface area (Å²) >= 11 is 0. The third-order valence-electron chi connectivity index (χ3n) is 4.58. The van der Waals surface area contributed by atoms with Crippen molar-refractivity contribution < 1.29 is 27.9 Å². The number of nitrogens with zero attached hydrogens (tertiary/aromatic N) is 1. The molecule has 2 rings (SSSR count). The smallest absolute Gasteiger partial charge is 0.308 e. The van der Waals surface area contributed by atoms with Crippen molar-refractivity contribution in [3.8, 4) is 5.75 Å². The maximum absolute atomic E-state index is 12.9. The standard InChI is InChI=1S/C17H24N2O6S/c1-4-16(20)18-8-12-7-13(5-6-15(12)25-3)26(23,24)19-9-11(2)14(10-19)17(21)22/h5-7,11,14H,4,8-10H2,1-3H3,(H,18,20)(H,21,22)/t11-,14-/m1/s1. The van der Waals surface area contributed by atoms with Crippen LogP contribution in [-0.4, -0.2) is 49.9 Å². The van der Waals surface area contributed by atoms with E-state index >= 15 is 0 Å². The molecule has 2 atom stereocenters. The number of methoxy groups -OCH3 is 1. The SMILES string of the molecule is CCC(=O)NCc1cc(S(=O)(=O)N2C[C@@H](C)[C@H](C(=O)O)C2)ccc1OC.